The van der Waals surface area contributed by atoms with Gasteiger partial charge in [-0.1, -0.05) is 51.1 Å². The summed E-state index contributed by atoms with van der Waals surface area (Å²) in [6.07, 6.45) is 0. The molecule has 1 amide bonds. The molecule has 0 aliphatic heterocycles. The zero-order chi connectivity index (χ0) is 17.7. The van der Waals surface area contributed by atoms with Gasteiger partial charge in [-0.05, 0) is 48.6 Å². The summed E-state index contributed by atoms with van der Waals surface area (Å²) in [5.74, 6) is 0.782. The summed E-state index contributed by atoms with van der Waals surface area (Å²) in [5, 5.41) is 2.98. The molecule has 0 spiro atoms. The van der Waals surface area contributed by atoms with Gasteiger partial charge in [-0.25, -0.2) is 0 Å². The minimum Gasteiger partial charge on any atom is -0.491 e. The largest absolute Gasteiger partial charge is 0.491 e. The van der Waals surface area contributed by atoms with Crippen molar-refractivity contribution in [1.82, 2.24) is 5.32 Å². The monoisotopic (exact) mass is 325 g/mol. The molecule has 0 unspecified atom stereocenters. The molecule has 2 rings (SSSR count). The molecule has 0 aliphatic carbocycles. The molecule has 24 heavy (non-hydrogen) atoms. The van der Waals surface area contributed by atoms with Crippen LogP contribution in [0, 0.1) is 6.92 Å². The molecule has 2 aromatic carbocycles. The molecule has 3 nitrogen and oxygen atoms in total. The van der Waals surface area contributed by atoms with Gasteiger partial charge >= 0.3 is 0 Å². The number of amides is 1. The van der Waals surface area contributed by atoms with Gasteiger partial charge in [0.05, 0.1) is 6.04 Å². The van der Waals surface area contributed by atoms with Gasteiger partial charge in [0.25, 0.3) is 5.91 Å². The molecule has 0 heterocycles. The fourth-order valence-corrected chi connectivity index (χ4v) is 2.40. The van der Waals surface area contributed by atoms with E-state index in [1.807, 2.05) is 62.4 Å². The van der Waals surface area contributed by atoms with E-state index in [2.05, 4.69) is 26.1 Å². The van der Waals surface area contributed by atoms with Crippen molar-refractivity contribution in [3.8, 4) is 5.75 Å². The SMILES string of the molecule is Cc1ccccc1OC[C@@H](C)NC(=O)c1ccc(C(C)(C)C)cc1. The molecule has 2 aromatic rings. The number of ether oxygens (including phenoxy) is 1. The Bertz CT molecular complexity index is 684. The van der Waals surface area contributed by atoms with Crippen LogP contribution in [0.2, 0.25) is 0 Å². The number of para-hydroxylation sites is 1. The van der Waals surface area contributed by atoms with E-state index in [0.29, 0.717) is 12.2 Å². The molecule has 0 saturated heterocycles. The second-order valence-electron chi connectivity index (χ2n) is 7.28. The Morgan fingerprint density at radius 2 is 1.71 bits per heavy atom. The molecule has 0 radical (unpaired) electrons. The van der Waals surface area contributed by atoms with E-state index >= 15 is 0 Å². The summed E-state index contributed by atoms with van der Waals surface area (Å²) < 4.78 is 5.78. The lowest BCUT2D eigenvalue weighted by Gasteiger charge is -2.19. The average molecular weight is 325 g/mol. The Morgan fingerprint density at radius 3 is 2.29 bits per heavy atom. The fourth-order valence-electron chi connectivity index (χ4n) is 2.40. The standard InChI is InChI=1S/C21H27NO2/c1-15-8-6-7-9-19(15)24-14-16(2)22-20(23)17-10-12-18(13-11-17)21(3,4)5/h6-13,16H,14H2,1-5H3,(H,22,23)/t16-/m1/s1. The zero-order valence-electron chi connectivity index (χ0n) is 15.2. The number of aryl methyl sites for hydroxylation is 1. The fraction of sp³-hybridized carbons (Fsp3) is 0.381. The first-order valence-corrected chi connectivity index (χ1v) is 8.37. The Balaban J connectivity index is 1.90. The van der Waals surface area contributed by atoms with E-state index in [1.165, 1.54) is 5.56 Å². The summed E-state index contributed by atoms with van der Waals surface area (Å²) in [7, 11) is 0. The number of hydrogen-bond acceptors (Lipinski definition) is 2. The van der Waals surface area contributed by atoms with Crippen LogP contribution in [0.1, 0.15) is 49.2 Å². The molecule has 0 aliphatic rings. The summed E-state index contributed by atoms with van der Waals surface area (Å²) >= 11 is 0. The summed E-state index contributed by atoms with van der Waals surface area (Å²) in [5.41, 5.74) is 3.07. The summed E-state index contributed by atoms with van der Waals surface area (Å²) in [6, 6.07) is 15.6. The zero-order valence-corrected chi connectivity index (χ0v) is 15.2. The third-order valence-corrected chi connectivity index (χ3v) is 3.97. The molecule has 0 bridgehead atoms. The highest BCUT2D eigenvalue weighted by atomic mass is 16.5. The molecular formula is C21H27NO2. The molecular weight excluding hydrogens is 298 g/mol. The summed E-state index contributed by atoms with van der Waals surface area (Å²) in [6.45, 7) is 10.9. The third-order valence-electron chi connectivity index (χ3n) is 3.97. The Kier molecular flexibility index (Phi) is 5.66. The van der Waals surface area contributed by atoms with Crippen molar-refractivity contribution < 1.29 is 9.53 Å². The number of hydrogen-bond donors (Lipinski definition) is 1. The van der Waals surface area contributed by atoms with Gasteiger partial charge in [-0.15, -0.1) is 0 Å². The van der Waals surface area contributed by atoms with Gasteiger partial charge in [0.1, 0.15) is 12.4 Å². The highest BCUT2D eigenvalue weighted by molar-refractivity contribution is 5.94. The molecule has 3 heteroatoms. The van der Waals surface area contributed by atoms with Gasteiger partial charge in [-0.3, -0.25) is 4.79 Å². The van der Waals surface area contributed by atoms with Crippen LogP contribution < -0.4 is 10.1 Å². The van der Waals surface area contributed by atoms with E-state index < -0.39 is 0 Å². The maximum Gasteiger partial charge on any atom is 0.251 e. The number of benzene rings is 2. The van der Waals surface area contributed by atoms with E-state index in [0.717, 1.165) is 11.3 Å². The second-order valence-corrected chi connectivity index (χ2v) is 7.28. The third kappa shape index (κ3) is 4.85. The normalized spacial score (nSPS) is 12.5. The first-order chi connectivity index (χ1) is 11.3. The van der Waals surface area contributed by atoms with Gasteiger partial charge < -0.3 is 10.1 Å². The number of nitrogens with one attached hydrogen (secondary N) is 1. The van der Waals surface area contributed by atoms with Crippen molar-refractivity contribution in [2.75, 3.05) is 6.61 Å². The van der Waals surface area contributed by atoms with Gasteiger partial charge in [0.2, 0.25) is 0 Å². The lowest BCUT2D eigenvalue weighted by molar-refractivity contribution is 0.0926. The van der Waals surface area contributed by atoms with Crippen LogP contribution in [0.3, 0.4) is 0 Å². The molecule has 128 valence electrons. The Hall–Kier alpha value is -2.29. The number of rotatable bonds is 5. The van der Waals surface area contributed by atoms with E-state index in [-0.39, 0.29) is 17.4 Å². The van der Waals surface area contributed by atoms with Crippen molar-refractivity contribution in [1.29, 1.82) is 0 Å². The average Bonchev–Trinajstić information content (AvgIpc) is 2.53. The summed E-state index contributed by atoms with van der Waals surface area (Å²) in [4.78, 5) is 12.3. The minimum atomic E-state index is -0.0728. The first kappa shape index (κ1) is 18.1. The Labute approximate surface area is 145 Å². The van der Waals surface area contributed by atoms with Crippen molar-refractivity contribution >= 4 is 5.91 Å². The highest BCUT2D eigenvalue weighted by Gasteiger charge is 2.15. The molecule has 0 aromatic heterocycles. The number of carbonyl (C=O) groups is 1. The van der Waals surface area contributed by atoms with E-state index in [1.54, 1.807) is 0 Å². The van der Waals surface area contributed by atoms with Crippen molar-refractivity contribution in [3.63, 3.8) is 0 Å². The highest BCUT2D eigenvalue weighted by Crippen LogP contribution is 2.22. The predicted octanol–water partition coefficient (Wildman–Crippen LogP) is 4.49. The van der Waals surface area contributed by atoms with Crippen LogP contribution in [0.15, 0.2) is 48.5 Å². The molecule has 0 saturated carbocycles. The molecule has 1 N–H and O–H groups in total. The van der Waals surface area contributed by atoms with Crippen LogP contribution in [0.5, 0.6) is 5.75 Å². The lowest BCUT2D eigenvalue weighted by Crippen LogP contribution is -2.36. The van der Waals surface area contributed by atoms with Crippen LogP contribution in [-0.4, -0.2) is 18.6 Å². The van der Waals surface area contributed by atoms with E-state index in [4.69, 9.17) is 4.74 Å². The van der Waals surface area contributed by atoms with Crippen LogP contribution in [0.25, 0.3) is 0 Å². The number of carbonyl (C=O) groups excluding carboxylic acids is 1. The second kappa shape index (κ2) is 7.52. The van der Waals surface area contributed by atoms with Gasteiger partial charge in [-0.2, -0.15) is 0 Å². The van der Waals surface area contributed by atoms with Crippen LogP contribution in [0.4, 0.5) is 0 Å². The van der Waals surface area contributed by atoms with E-state index in [9.17, 15) is 4.79 Å². The molecule has 0 fully saturated rings. The van der Waals surface area contributed by atoms with Crippen LogP contribution in [-0.2, 0) is 5.41 Å². The maximum atomic E-state index is 12.3. The lowest BCUT2D eigenvalue weighted by atomic mass is 9.86. The minimum absolute atomic E-state index is 0.0700. The van der Waals surface area contributed by atoms with Gasteiger partial charge in [0.15, 0.2) is 0 Å². The smallest absolute Gasteiger partial charge is 0.251 e. The Morgan fingerprint density at radius 1 is 1.08 bits per heavy atom. The predicted molar refractivity (Wildman–Crippen MR) is 98.7 cm³/mol. The topological polar surface area (TPSA) is 38.3 Å². The van der Waals surface area contributed by atoms with Gasteiger partial charge in [0, 0.05) is 5.56 Å². The van der Waals surface area contributed by atoms with Crippen molar-refractivity contribution in [2.45, 2.75) is 46.1 Å². The maximum absolute atomic E-state index is 12.3. The van der Waals surface area contributed by atoms with Crippen molar-refractivity contribution in [3.05, 3.63) is 65.2 Å². The van der Waals surface area contributed by atoms with Crippen molar-refractivity contribution in [2.24, 2.45) is 0 Å². The van der Waals surface area contributed by atoms with Crippen LogP contribution >= 0.6 is 0 Å². The molecule has 1 atom stereocenters. The first-order valence-electron chi connectivity index (χ1n) is 8.37. The quantitative estimate of drug-likeness (QED) is 0.879.